The van der Waals surface area contributed by atoms with Gasteiger partial charge in [0.15, 0.2) is 0 Å². The van der Waals surface area contributed by atoms with Crippen LogP contribution >= 0.6 is 0 Å². The van der Waals surface area contributed by atoms with E-state index in [-0.39, 0.29) is 24.5 Å². The van der Waals surface area contributed by atoms with Gasteiger partial charge in [-0.05, 0) is 55.8 Å². The first-order valence-corrected chi connectivity index (χ1v) is 10.4. The number of hydrogen-bond acceptors (Lipinski definition) is 4. The number of benzene rings is 2. The van der Waals surface area contributed by atoms with Gasteiger partial charge in [0.25, 0.3) is 0 Å². The maximum Gasteiger partial charge on any atom is 0.322 e. The molecule has 3 rings (SSSR count). The fourth-order valence-corrected chi connectivity index (χ4v) is 3.18. The van der Waals surface area contributed by atoms with Gasteiger partial charge in [0, 0.05) is 18.3 Å². The molecule has 0 aliphatic heterocycles. The quantitative estimate of drug-likeness (QED) is 0.565. The fraction of sp³-hybridized carbons (Fsp3) is 0.240. The van der Waals surface area contributed by atoms with Gasteiger partial charge in [-0.3, -0.25) is 4.79 Å². The van der Waals surface area contributed by atoms with Crippen LogP contribution in [0.15, 0.2) is 77.4 Å². The molecule has 0 aliphatic rings. The first kappa shape index (κ1) is 22.6. The molecule has 2 aromatic carbocycles. The van der Waals surface area contributed by atoms with Crippen molar-refractivity contribution >= 4 is 17.6 Å². The van der Waals surface area contributed by atoms with Crippen LogP contribution in [0.4, 0.5) is 10.5 Å². The predicted molar refractivity (Wildman–Crippen MR) is 121 cm³/mol. The summed E-state index contributed by atoms with van der Waals surface area (Å²) < 4.78 is 5.44. The zero-order valence-electron chi connectivity index (χ0n) is 18.2. The number of hydrogen-bond donors (Lipinski definition) is 1. The predicted octanol–water partition coefficient (Wildman–Crippen LogP) is 4.62. The van der Waals surface area contributed by atoms with Crippen LogP contribution in [-0.4, -0.2) is 34.3 Å². The molecule has 0 atom stereocenters. The number of anilines is 1. The first-order chi connectivity index (χ1) is 15.5. The summed E-state index contributed by atoms with van der Waals surface area (Å²) in [5, 5.41) is 11.7. The van der Waals surface area contributed by atoms with Crippen molar-refractivity contribution in [3.8, 4) is 6.07 Å². The third-order valence-corrected chi connectivity index (χ3v) is 4.95. The van der Waals surface area contributed by atoms with Gasteiger partial charge < -0.3 is 19.5 Å². The lowest BCUT2D eigenvalue weighted by Gasteiger charge is -2.30. The number of amides is 3. The largest absolute Gasteiger partial charge is 0.467 e. The van der Waals surface area contributed by atoms with Gasteiger partial charge in [0.1, 0.15) is 12.3 Å². The van der Waals surface area contributed by atoms with Crippen LogP contribution in [0.3, 0.4) is 0 Å². The Morgan fingerprint density at radius 1 is 1.00 bits per heavy atom. The van der Waals surface area contributed by atoms with E-state index in [0.29, 0.717) is 30.1 Å². The number of nitrogens with zero attached hydrogens (tertiary/aromatic N) is 3. The highest BCUT2D eigenvalue weighted by Crippen LogP contribution is 2.14. The molecule has 7 nitrogen and oxygen atoms in total. The lowest BCUT2D eigenvalue weighted by molar-refractivity contribution is -0.133. The average molecular weight is 431 g/mol. The molecule has 7 heteroatoms. The molecule has 1 N–H and O–H groups in total. The highest BCUT2D eigenvalue weighted by molar-refractivity contribution is 5.92. The van der Waals surface area contributed by atoms with E-state index in [1.807, 2.05) is 56.3 Å². The number of carbonyl (C=O) groups is 2. The van der Waals surface area contributed by atoms with E-state index in [4.69, 9.17) is 9.68 Å². The topological polar surface area (TPSA) is 89.6 Å². The smallest absolute Gasteiger partial charge is 0.322 e. The van der Waals surface area contributed by atoms with Crippen LogP contribution in [0.1, 0.15) is 30.7 Å². The molecule has 164 valence electrons. The molecule has 1 aromatic heterocycles. The van der Waals surface area contributed by atoms with Crippen LogP contribution in [-0.2, 0) is 17.9 Å². The van der Waals surface area contributed by atoms with E-state index in [2.05, 4.69) is 5.32 Å². The lowest BCUT2D eigenvalue weighted by Crippen LogP contribution is -2.47. The Bertz CT molecular complexity index is 1050. The van der Waals surface area contributed by atoms with Crippen molar-refractivity contribution in [2.24, 2.45) is 0 Å². The number of carbonyl (C=O) groups excluding carboxylic acids is 2. The molecule has 1 heterocycles. The molecule has 0 saturated heterocycles. The Kier molecular flexibility index (Phi) is 7.65. The molecule has 0 saturated carbocycles. The molecule has 0 spiro atoms. The Hall–Kier alpha value is -4.05. The van der Waals surface area contributed by atoms with Gasteiger partial charge in [-0.1, -0.05) is 30.3 Å². The van der Waals surface area contributed by atoms with Crippen LogP contribution in [0.25, 0.3) is 0 Å². The second-order valence-electron chi connectivity index (χ2n) is 7.66. The van der Waals surface area contributed by atoms with E-state index in [0.717, 1.165) is 5.56 Å². The Morgan fingerprint density at radius 3 is 2.31 bits per heavy atom. The van der Waals surface area contributed by atoms with Crippen molar-refractivity contribution in [2.45, 2.75) is 33.0 Å². The number of furan rings is 1. The minimum atomic E-state index is -0.379. The molecular formula is C25H26N4O3. The van der Waals surface area contributed by atoms with Gasteiger partial charge in [-0.25, -0.2) is 4.79 Å². The van der Waals surface area contributed by atoms with Crippen molar-refractivity contribution in [2.75, 3.05) is 11.9 Å². The molecule has 3 amide bonds. The number of nitriles is 1. The minimum Gasteiger partial charge on any atom is -0.467 e. The van der Waals surface area contributed by atoms with E-state index < -0.39 is 0 Å². The maximum atomic E-state index is 13.3. The van der Waals surface area contributed by atoms with Crippen molar-refractivity contribution in [1.29, 1.82) is 5.26 Å². The van der Waals surface area contributed by atoms with Crippen LogP contribution in [0.5, 0.6) is 0 Å². The standard InChI is InChI=1S/C25H26N4O3/c1-19(2)29(25(31)27-22-12-10-20(15-26)11-13-22)18-24(30)28(17-23-9-6-14-32-23)16-21-7-4-3-5-8-21/h3-14,19H,16-18H2,1-2H3,(H,27,31). The highest BCUT2D eigenvalue weighted by atomic mass is 16.3. The molecule has 0 unspecified atom stereocenters. The van der Waals surface area contributed by atoms with Gasteiger partial charge >= 0.3 is 6.03 Å². The average Bonchev–Trinajstić information content (AvgIpc) is 3.31. The number of nitrogens with one attached hydrogen (secondary N) is 1. The van der Waals surface area contributed by atoms with Gasteiger partial charge in [0.05, 0.1) is 24.4 Å². The molecule has 0 fully saturated rings. The Balaban J connectivity index is 1.72. The van der Waals surface area contributed by atoms with E-state index in [1.54, 1.807) is 41.5 Å². The zero-order valence-corrected chi connectivity index (χ0v) is 18.2. The van der Waals surface area contributed by atoms with Crippen LogP contribution in [0, 0.1) is 11.3 Å². The lowest BCUT2D eigenvalue weighted by atomic mass is 10.2. The second kappa shape index (κ2) is 10.8. The molecule has 0 aliphatic carbocycles. The van der Waals surface area contributed by atoms with Crippen molar-refractivity contribution in [3.63, 3.8) is 0 Å². The van der Waals surface area contributed by atoms with E-state index >= 15 is 0 Å². The van der Waals surface area contributed by atoms with E-state index in [1.165, 1.54) is 4.90 Å². The highest BCUT2D eigenvalue weighted by Gasteiger charge is 2.24. The third-order valence-electron chi connectivity index (χ3n) is 4.95. The SMILES string of the molecule is CC(C)N(CC(=O)N(Cc1ccccc1)Cc1ccco1)C(=O)Nc1ccc(C#N)cc1. The first-order valence-electron chi connectivity index (χ1n) is 10.4. The van der Waals surface area contributed by atoms with Gasteiger partial charge in [0.2, 0.25) is 5.91 Å². The molecule has 32 heavy (non-hydrogen) atoms. The van der Waals surface area contributed by atoms with E-state index in [9.17, 15) is 9.59 Å². The van der Waals surface area contributed by atoms with Crippen molar-refractivity contribution in [3.05, 3.63) is 89.9 Å². The Morgan fingerprint density at radius 2 is 1.72 bits per heavy atom. The number of urea groups is 1. The fourth-order valence-electron chi connectivity index (χ4n) is 3.18. The Labute approximate surface area is 187 Å². The summed E-state index contributed by atoms with van der Waals surface area (Å²) in [7, 11) is 0. The molecule has 0 radical (unpaired) electrons. The number of rotatable bonds is 8. The molecule has 0 bridgehead atoms. The summed E-state index contributed by atoms with van der Waals surface area (Å²) >= 11 is 0. The summed E-state index contributed by atoms with van der Waals surface area (Å²) in [6, 6.07) is 21.4. The van der Waals surface area contributed by atoms with Crippen molar-refractivity contribution in [1.82, 2.24) is 9.80 Å². The maximum absolute atomic E-state index is 13.3. The van der Waals surface area contributed by atoms with Gasteiger partial charge in [-0.15, -0.1) is 0 Å². The van der Waals surface area contributed by atoms with Crippen LogP contribution < -0.4 is 5.32 Å². The molecule has 3 aromatic rings. The summed E-state index contributed by atoms with van der Waals surface area (Å²) in [4.78, 5) is 29.3. The summed E-state index contributed by atoms with van der Waals surface area (Å²) in [5.41, 5.74) is 2.06. The second-order valence-corrected chi connectivity index (χ2v) is 7.66. The van der Waals surface area contributed by atoms with Gasteiger partial charge in [-0.2, -0.15) is 5.26 Å². The molecular weight excluding hydrogens is 404 g/mol. The summed E-state index contributed by atoms with van der Waals surface area (Å²) in [6.45, 7) is 4.36. The summed E-state index contributed by atoms with van der Waals surface area (Å²) in [6.07, 6.45) is 1.58. The minimum absolute atomic E-state index is 0.0761. The van der Waals surface area contributed by atoms with Crippen LogP contribution in [0.2, 0.25) is 0 Å². The normalized spacial score (nSPS) is 10.4. The monoisotopic (exact) mass is 430 g/mol. The van der Waals surface area contributed by atoms with Crippen molar-refractivity contribution < 1.29 is 14.0 Å². The third kappa shape index (κ3) is 6.22. The zero-order chi connectivity index (χ0) is 22.9. The summed E-state index contributed by atoms with van der Waals surface area (Å²) in [5.74, 6) is 0.487.